The lowest BCUT2D eigenvalue weighted by atomic mass is 10.1. The van der Waals surface area contributed by atoms with E-state index in [1.807, 2.05) is 0 Å². The molecule has 3 rings (SSSR count). The molecule has 0 saturated carbocycles. The van der Waals surface area contributed by atoms with E-state index >= 15 is 0 Å². The van der Waals surface area contributed by atoms with Crippen molar-refractivity contribution in [2.75, 3.05) is 25.0 Å². The molecule has 0 aliphatic carbocycles. The molecule has 2 amide bonds. The zero-order chi connectivity index (χ0) is 28.0. The first-order valence-electron chi connectivity index (χ1n) is 11.4. The molecule has 0 fully saturated rings. The van der Waals surface area contributed by atoms with E-state index in [-0.39, 0.29) is 27.9 Å². The Labute approximate surface area is 237 Å². The normalized spacial score (nSPS) is 11.9. The van der Waals surface area contributed by atoms with Crippen molar-refractivity contribution in [1.29, 1.82) is 0 Å². The van der Waals surface area contributed by atoms with Gasteiger partial charge in [-0.25, -0.2) is 8.42 Å². The van der Waals surface area contributed by atoms with Gasteiger partial charge in [-0.3, -0.25) is 13.9 Å². The molecule has 0 aromatic heterocycles. The van der Waals surface area contributed by atoms with Crippen molar-refractivity contribution in [3.63, 3.8) is 0 Å². The number of likely N-dealkylation sites (N-methyl/N-ethyl adjacent to an activating group) is 1. The Hall–Kier alpha value is -2.98. The molecule has 3 aromatic rings. The maximum atomic E-state index is 13.8. The van der Waals surface area contributed by atoms with Gasteiger partial charge < -0.3 is 15.0 Å². The number of ether oxygens (including phenoxy) is 1. The Morgan fingerprint density at radius 1 is 0.974 bits per heavy atom. The van der Waals surface area contributed by atoms with Gasteiger partial charge in [0.15, 0.2) is 0 Å². The molecule has 38 heavy (non-hydrogen) atoms. The van der Waals surface area contributed by atoms with Gasteiger partial charge >= 0.3 is 0 Å². The number of nitrogens with one attached hydrogen (secondary N) is 1. The average molecular weight is 599 g/mol. The van der Waals surface area contributed by atoms with E-state index in [4.69, 9.17) is 39.5 Å². The van der Waals surface area contributed by atoms with Gasteiger partial charge in [-0.05, 0) is 55.0 Å². The number of nitrogens with zero attached hydrogens (tertiary/aromatic N) is 2. The van der Waals surface area contributed by atoms with Crippen LogP contribution in [-0.4, -0.2) is 51.9 Å². The van der Waals surface area contributed by atoms with Crippen LogP contribution < -0.4 is 14.4 Å². The predicted molar refractivity (Wildman–Crippen MR) is 150 cm³/mol. The smallest absolute Gasteiger partial charge is 0.264 e. The van der Waals surface area contributed by atoms with Gasteiger partial charge in [-0.1, -0.05) is 59.1 Å². The van der Waals surface area contributed by atoms with Crippen LogP contribution in [0.4, 0.5) is 5.69 Å². The summed E-state index contributed by atoms with van der Waals surface area (Å²) in [7, 11) is -1.44. The van der Waals surface area contributed by atoms with E-state index < -0.39 is 34.4 Å². The highest BCUT2D eigenvalue weighted by molar-refractivity contribution is 7.92. The number of hydrogen-bond acceptors (Lipinski definition) is 5. The van der Waals surface area contributed by atoms with Crippen molar-refractivity contribution in [2.45, 2.75) is 24.4 Å². The Bertz CT molecular complexity index is 1420. The van der Waals surface area contributed by atoms with Gasteiger partial charge in [-0.2, -0.15) is 0 Å². The molecule has 202 valence electrons. The number of carbonyl (C=O) groups is 2. The summed E-state index contributed by atoms with van der Waals surface area (Å²) < 4.78 is 34.0. The third-order valence-electron chi connectivity index (χ3n) is 5.79. The van der Waals surface area contributed by atoms with Crippen molar-refractivity contribution >= 4 is 62.3 Å². The van der Waals surface area contributed by atoms with Gasteiger partial charge in [0.05, 0.1) is 17.7 Å². The minimum absolute atomic E-state index is 0.0403. The zero-order valence-electron chi connectivity index (χ0n) is 20.8. The van der Waals surface area contributed by atoms with E-state index in [1.54, 1.807) is 36.4 Å². The summed E-state index contributed by atoms with van der Waals surface area (Å²) in [5, 5.41) is 3.46. The summed E-state index contributed by atoms with van der Waals surface area (Å²) in [5.41, 5.74) is 0.590. The van der Waals surface area contributed by atoms with Crippen molar-refractivity contribution in [3.8, 4) is 5.75 Å². The second kappa shape index (κ2) is 12.7. The highest BCUT2D eigenvalue weighted by atomic mass is 35.5. The van der Waals surface area contributed by atoms with Gasteiger partial charge in [-0.15, -0.1) is 0 Å². The summed E-state index contributed by atoms with van der Waals surface area (Å²) in [5.74, 6) is -0.914. The zero-order valence-corrected chi connectivity index (χ0v) is 23.9. The Kier molecular flexibility index (Phi) is 9.89. The Morgan fingerprint density at radius 3 is 2.21 bits per heavy atom. The number of sulfonamides is 1. The number of methoxy groups -OCH3 is 1. The fourth-order valence-electron chi connectivity index (χ4n) is 3.72. The van der Waals surface area contributed by atoms with Crippen molar-refractivity contribution in [2.24, 2.45) is 0 Å². The Balaban J connectivity index is 2.11. The number of carbonyl (C=O) groups excluding carboxylic acids is 2. The lowest BCUT2D eigenvalue weighted by molar-refractivity contribution is -0.139. The predicted octanol–water partition coefficient (Wildman–Crippen LogP) is 5.01. The molecular formula is C26H26Cl3N3O5S. The second-order valence-electron chi connectivity index (χ2n) is 8.19. The van der Waals surface area contributed by atoms with E-state index in [1.165, 1.54) is 56.3 Å². The van der Waals surface area contributed by atoms with Crippen LogP contribution in [0.3, 0.4) is 0 Å². The van der Waals surface area contributed by atoms with Gasteiger partial charge in [0.25, 0.3) is 10.0 Å². The van der Waals surface area contributed by atoms with E-state index in [9.17, 15) is 18.0 Å². The standard InChI is InChI=1S/C26H26Cl3N3O5S/c1-17(26(34)30-2)31(15-18-9-10-19(27)13-22(18)29)25(33)16-32(23-14-20(28)11-12-24(23)37-3)38(35,36)21-7-5-4-6-8-21/h4-14,17H,15-16H2,1-3H3,(H,30,34)/t17-/m0/s1. The van der Waals surface area contributed by atoms with Crippen LogP contribution in [0.1, 0.15) is 12.5 Å². The highest BCUT2D eigenvalue weighted by Gasteiger charge is 2.34. The molecule has 0 aliphatic rings. The van der Waals surface area contributed by atoms with Crippen LogP contribution in [0.15, 0.2) is 71.6 Å². The van der Waals surface area contributed by atoms with Gasteiger partial charge in [0.1, 0.15) is 18.3 Å². The largest absolute Gasteiger partial charge is 0.495 e. The molecule has 0 aliphatic heterocycles. The summed E-state index contributed by atoms with van der Waals surface area (Å²) in [6, 6.07) is 15.9. The van der Waals surface area contributed by atoms with Crippen molar-refractivity contribution in [1.82, 2.24) is 10.2 Å². The average Bonchev–Trinajstić information content (AvgIpc) is 2.90. The number of amides is 2. The van der Waals surface area contributed by atoms with Crippen LogP contribution in [-0.2, 0) is 26.2 Å². The highest BCUT2D eigenvalue weighted by Crippen LogP contribution is 2.35. The van der Waals surface area contributed by atoms with Crippen LogP contribution in [0.2, 0.25) is 15.1 Å². The molecular weight excluding hydrogens is 573 g/mol. The van der Waals surface area contributed by atoms with E-state index in [0.29, 0.717) is 15.6 Å². The summed E-state index contributed by atoms with van der Waals surface area (Å²) in [6.45, 7) is 0.812. The maximum absolute atomic E-state index is 13.8. The minimum atomic E-state index is -4.27. The first-order valence-corrected chi connectivity index (χ1v) is 13.9. The molecule has 3 aromatic carbocycles. The second-order valence-corrected chi connectivity index (χ2v) is 11.3. The lowest BCUT2D eigenvalue weighted by Gasteiger charge is -2.32. The minimum Gasteiger partial charge on any atom is -0.495 e. The first-order chi connectivity index (χ1) is 18.0. The molecule has 0 radical (unpaired) electrons. The fraction of sp³-hybridized carbons (Fsp3) is 0.231. The van der Waals surface area contributed by atoms with Crippen molar-refractivity contribution < 1.29 is 22.7 Å². The molecule has 1 atom stereocenters. The van der Waals surface area contributed by atoms with Crippen molar-refractivity contribution in [3.05, 3.63) is 87.4 Å². The molecule has 1 N–H and O–H groups in total. The number of hydrogen-bond donors (Lipinski definition) is 1. The summed E-state index contributed by atoms with van der Waals surface area (Å²) in [4.78, 5) is 27.6. The molecule has 0 saturated heterocycles. The molecule has 0 spiro atoms. The molecule has 0 heterocycles. The monoisotopic (exact) mass is 597 g/mol. The SMILES string of the molecule is CNC(=O)[C@H](C)N(Cc1ccc(Cl)cc1Cl)C(=O)CN(c1cc(Cl)ccc1OC)S(=O)(=O)c1ccccc1. The number of halogens is 3. The van der Waals surface area contributed by atoms with E-state index in [2.05, 4.69) is 5.32 Å². The number of rotatable bonds is 10. The van der Waals surface area contributed by atoms with Gasteiger partial charge in [0, 0.05) is 28.7 Å². The first kappa shape index (κ1) is 29.6. The molecule has 8 nitrogen and oxygen atoms in total. The lowest BCUT2D eigenvalue weighted by Crippen LogP contribution is -2.50. The summed E-state index contributed by atoms with van der Waals surface area (Å²) >= 11 is 18.6. The Morgan fingerprint density at radius 2 is 1.61 bits per heavy atom. The molecule has 12 heteroatoms. The van der Waals surface area contributed by atoms with E-state index in [0.717, 1.165) is 4.31 Å². The van der Waals surface area contributed by atoms with Crippen LogP contribution in [0, 0.1) is 0 Å². The fourth-order valence-corrected chi connectivity index (χ4v) is 5.79. The van der Waals surface area contributed by atoms with Crippen LogP contribution in [0.25, 0.3) is 0 Å². The topological polar surface area (TPSA) is 96.0 Å². The quantitative estimate of drug-likeness (QED) is 0.354. The number of benzene rings is 3. The summed E-state index contributed by atoms with van der Waals surface area (Å²) in [6.07, 6.45) is 0. The van der Waals surface area contributed by atoms with Crippen LogP contribution in [0.5, 0.6) is 5.75 Å². The molecule has 0 unspecified atom stereocenters. The third kappa shape index (κ3) is 6.71. The maximum Gasteiger partial charge on any atom is 0.264 e. The molecule has 0 bridgehead atoms. The van der Waals surface area contributed by atoms with Crippen LogP contribution >= 0.6 is 34.8 Å². The van der Waals surface area contributed by atoms with Gasteiger partial charge in [0.2, 0.25) is 11.8 Å². The number of anilines is 1. The third-order valence-corrected chi connectivity index (χ3v) is 8.39.